The lowest BCUT2D eigenvalue weighted by Gasteiger charge is -2.16. The molecule has 0 aromatic heterocycles. The van der Waals surface area contributed by atoms with Gasteiger partial charge in [0.25, 0.3) is 0 Å². The van der Waals surface area contributed by atoms with Crippen LogP contribution in [0.4, 0.5) is 0 Å². The number of aromatic carboxylic acids is 1. The highest BCUT2D eigenvalue weighted by Crippen LogP contribution is 2.23. The number of benzene rings is 2. The van der Waals surface area contributed by atoms with Crippen molar-refractivity contribution in [3.8, 4) is 0 Å². The van der Waals surface area contributed by atoms with Gasteiger partial charge in [0.05, 0.1) is 12.2 Å². The molecule has 3 rings (SSSR count). The summed E-state index contributed by atoms with van der Waals surface area (Å²) in [5.74, 6) is -0.477. The summed E-state index contributed by atoms with van der Waals surface area (Å²) in [6, 6.07) is 12.8. The van der Waals surface area contributed by atoms with Crippen LogP contribution in [0.3, 0.4) is 0 Å². The number of fused-ring (bicyclic) bond motifs is 1. The molecule has 0 saturated heterocycles. The molecule has 2 aromatic carbocycles. The van der Waals surface area contributed by atoms with Crippen molar-refractivity contribution in [3.05, 3.63) is 76.4 Å². The van der Waals surface area contributed by atoms with E-state index < -0.39 is 5.97 Å². The fourth-order valence-corrected chi connectivity index (χ4v) is 2.90. The number of rotatable bonds is 5. The summed E-state index contributed by atoms with van der Waals surface area (Å²) < 4.78 is 0. The number of hydrogen-bond acceptors (Lipinski definition) is 3. The van der Waals surface area contributed by atoms with Crippen molar-refractivity contribution in [2.75, 3.05) is 7.05 Å². The van der Waals surface area contributed by atoms with Gasteiger partial charge in [-0.25, -0.2) is 10.3 Å². The van der Waals surface area contributed by atoms with Crippen LogP contribution in [0.1, 0.15) is 52.9 Å². The second kappa shape index (κ2) is 10.3. The number of amidine groups is 1. The van der Waals surface area contributed by atoms with Crippen molar-refractivity contribution in [1.82, 2.24) is 5.48 Å². The number of carbonyl (C=O) groups is 1. The lowest BCUT2D eigenvalue weighted by molar-refractivity contribution is 0.0694. The summed E-state index contributed by atoms with van der Waals surface area (Å²) in [4.78, 5) is 20.9. The van der Waals surface area contributed by atoms with Gasteiger partial charge in [-0.05, 0) is 41.7 Å². The van der Waals surface area contributed by atoms with Crippen LogP contribution in [-0.4, -0.2) is 24.0 Å². The molecule has 0 heterocycles. The van der Waals surface area contributed by atoms with E-state index in [1.54, 1.807) is 31.3 Å². The zero-order valence-corrected chi connectivity index (χ0v) is 16.0. The molecule has 0 bridgehead atoms. The summed E-state index contributed by atoms with van der Waals surface area (Å²) in [5, 5.41) is 9.10. The lowest BCUT2D eigenvalue weighted by atomic mass is 9.93. The van der Waals surface area contributed by atoms with Gasteiger partial charge in [-0.15, -0.1) is 0 Å². The van der Waals surface area contributed by atoms with Crippen molar-refractivity contribution < 1.29 is 14.7 Å². The normalized spacial score (nSPS) is 12.6. The van der Waals surface area contributed by atoms with Gasteiger partial charge in [0.15, 0.2) is 5.84 Å². The Morgan fingerprint density at radius 3 is 2.67 bits per heavy atom. The molecule has 5 heteroatoms. The van der Waals surface area contributed by atoms with E-state index in [1.165, 1.54) is 11.1 Å². The Bertz CT molecular complexity index is 841. The SMILES string of the molecule is CC.CN=C(NOCc1cccc2c1CCC=C2)c1cccc(C(=O)O)c1. The summed E-state index contributed by atoms with van der Waals surface area (Å²) in [7, 11) is 1.63. The number of hydroxylamine groups is 1. The second-order valence-corrected chi connectivity index (χ2v) is 5.77. The molecule has 0 aliphatic heterocycles. The Morgan fingerprint density at radius 2 is 1.93 bits per heavy atom. The zero-order chi connectivity index (χ0) is 19.6. The van der Waals surface area contributed by atoms with Crippen LogP contribution in [0.2, 0.25) is 0 Å². The third kappa shape index (κ3) is 5.28. The largest absolute Gasteiger partial charge is 0.478 e. The fraction of sp³-hybridized carbons (Fsp3) is 0.273. The minimum absolute atomic E-state index is 0.212. The van der Waals surface area contributed by atoms with Crippen LogP contribution < -0.4 is 5.48 Å². The molecule has 27 heavy (non-hydrogen) atoms. The molecule has 0 fully saturated rings. The van der Waals surface area contributed by atoms with E-state index in [0.717, 1.165) is 18.4 Å². The zero-order valence-electron chi connectivity index (χ0n) is 16.0. The van der Waals surface area contributed by atoms with Crippen LogP contribution in [0.25, 0.3) is 6.08 Å². The molecule has 0 saturated carbocycles. The summed E-state index contributed by atoms with van der Waals surface area (Å²) in [5.41, 5.74) is 7.42. The first-order chi connectivity index (χ1) is 13.2. The first kappa shape index (κ1) is 20.4. The summed E-state index contributed by atoms with van der Waals surface area (Å²) >= 11 is 0. The summed E-state index contributed by atoms with van der Waals surface area (Å²) in [6.45, 7) is 4.41. The van der Waals surface area contributed by atoms with Gasteiger partial charge in [0.1, 0.15) is 0 Å². The van der Waals surface area contributed by atoms with Crippen molar-refractivity contribution in [1.29, 1.82) is 0 Å². The molecular weight excluding hydrogens is 340 g/mol. The van der Waals surface area contributed by atoms with Gasteiger partial charge in [-0.2, -0.15) is 0 Å². The van der Waals surface area contributed by atoms with Crippen molar-refractivity contribution >= 4 is 17.9 Å². The molecule has 0 spiro atoms. The van der Waals surface area contributed by atoms with Crippen LogP contribution in [0.5, 0.6) is 0 Å². The molecule has 2 N–H and O–H groups in total. The van der Waals surface area contributed by atoms with Crippen LogP contribution in [0.15, 0.2) is 53.5 Å². The molecular formula is C22H26N2O3. The first-order valence-electron chi connectivity index (χ1n) is 9.14. The molecule has 0 amide bonds. The van der Waals surface area contributed by atoms with E-state index in [-0.39, 0.29) is 5.56 Å². The number of nitrogens with one attached hydrogen (secondary N) is 1. The van der Waals surface area contributed by atoms with Crippen molar-refractivity contribution in [2.24, 2.45) is 4.99 Å². The first-order valence-corrected chi connectivity index (χ1v) is 9.14. The maximum absolute atomic E-state index is 11.1. The average molecular weight is 366 g/mol. The number of aliphatic imine (C=N–C) groups is 1. The van der Waals surface area contributed by atoms with Gasteiger partial charge in [0, 0.05) is 12.6 Å². The standard InChI is InChI=1S/C20H20N2O3.C2H6/c1-21-19(15-8-5-9-16(12-15)20(23)24)22-25-13-17-10-4-7-14-6-2-3-11-18(14)17;1-2/h2,4-10,12H,3,11,13H2,1H3,(H,21,22)(H,23,24);1-2H3. The van der Waals surface area contributed by atoms with E-state index in [2.05, 4.69) is 34.8 Å². The predicted octanol–water partition coefficient (Wildman–Crippen LogP) is 4.47. The number of hydrogen-bond donors (Lipinski definition) is 2. The molecule has 0 unspecified atom stereocenters. The van der Waals surface area contributed by atoms with E-state index in [1.807, 2.05) is 19.9 Å². The number of carboxylic acids is 1. The number of carboxylic acid groups (broad SMARTS) is 1. The molecule has 2 aromatic rings. The van der Waals surface area contributed by atoms with Crippen LogP contribution in [0, 0.1) is 0 Å². The van der Waals surface area contributed by atoms with Crippen molar-refractivity contribution in [3.63, 3.8) is 0 Å². The van der Waals surface area contributed by atoms with Gasteiger partial charge >= 0.3 is 5.97 Å². The van der Waals surface area contributed by atoms with Gasteiger partial charge in [0.2, 0.25) is 0 Å². The van der Waals surface area contributed by atoms with E-state index in [4.69, 9.17) is 9.94 Å². The highest BCUT2D eigenvalue weighted by Gasteiger charge is 2.11. The topological polar surface area (TPSA) is 70.9 Å². The third-order valence-corrected chi connectivity index (χ3v) is 4.17. The summed E-state index contributed by atoms with van der Waals surface area (Å²) in [6.07, 6.45) is 6.39. The molecule has 1 aliphatic rings. The Balaban J connectivity index is 0.00000126. The minimum Gasteiger partial charge on any atom is -0.478 e. The van der Waals surface area contributed by atoms with Gasteiger partial charge in [-0.3, -0.25) is 9.83 Å². The Kier molecular flexibility index (Phi) is 7.77. The van der Waals surface area contributed by atoms with Crippen molar-refractivity contribution in [2.45, 2.75) is 33.3 Å². The minimum atomic E-state index is -0.970. The maximum Gasteiger partial charge on any atom is 0.335 e. The fourth-order valence-electron chi connectivity index (χ4n) is 2.90. The van der Waals surface area contributed by atoms with Gasteiger partial charge in [-0.1, -0.05) is 56.3 Å². The number of allylic oxidation sites excluding steroid dienone is 1. The molecule has 1 aliphatic carbocycles. The van der Waals surface area contributed by atoms with E-state index >= 15 is 0 Å². The third-order valence-electron chi connectivity index (χ3n) is 4.17. The molecule has 142 valence electrons. The maximum atomic E-state index is 11.1. The highest BCUT2D eigenvalue weighted by atomic mass is 16.6. The Hall–Kier alpha value is -2.92. The number of nitrogens with zero attached hydrogens (tertiary/aromatic N) is 1. The predicted molar refractivity (Wildman–Crippen MR) is 109 cm³/mol. The quantitative estimate of drug-likeness (QED) is 0.465. The average Bonchev–Trinajstić information content (AvgIpc) is 2.73. The Morgan fingerprint density at radius 1 is 1.19 bits per heavy atom. The smallest absolute Gasteiger partial charge is 0.335 e. The molecule has 0 radical (unpaired) electrons. The second-order valence-electron chi connectivity index (χ2n) is 5.77. The monoisotopic (exact) mass is 366 g/mol. The lowest BCUT2D eigenvalue weighted by Crippen LogP contribution is -2.25. The Labute approximate surface area is 160 Å². The van der Waals surface area contributed by atoms with Gasteiger partial charge < -0.3 is 5.11 Å². The molecule has 0 atom stereocenters. The van der Waals surface area contributed by atoms with E-state index in [0.29, 0.717) is 18.0 Å². The highest BCUT2D eigenvalue weighted by molar-refractivity contribution is 6.00. The van der Waals surface area contributed by atoms with Crippen LogP contribution >= 0.6 is 0 Å². The van der Waals surface area contributed by atoms with Crippen LogP contribution in [-0.2, 0) is 17.9 Å². The molecule has 5 nitrogen and oxygen atoms in total. The van der Waals surface area contributed by atoms with E-state index in [9.17, 15) is 4.79 Å².